The Morgan fingerprint density at radius 3 is 2.71 bits per heavy atom. The van der Waals surface area contributed by atoms with E-state index in [1.54, 1.807) is 0 Å². The summed E-state index contributed by atoms with van der Waals surface area (Å²) in [7, 11) is 0. The topological polar surface area (TPSA) is 41.1 Å². The minimum Gasteiger partial charge on any atom is -0.373 e. The van der Waals surface area contributed by atoms with Crippen molar-refractivity contribution < 1.29 is 4.79 Å². The number of halogens is 1. The predicted octanol–water partition coefficient (Wildman–Crippen LogP) is 3.55. The second-order valence-electron chi connectivity index (χ2n) is 5.31. The molecule has 0 radical (unpaired) electrons. The summed E-state index contributed by atoms with van der Waals surface area (Å²) in [4.78, 5) is 12.4. The first kappa shape index (κ1) is 14.0. The number of anilines is 1. The third-order valence-electron chi connectivity index (χ3n) is 3.82. The van der Waals surface area contributed by atoms with E-state index in [1.807, 2.05) is 55.5 Å². The molecule has 0 saturated carbocycles. The molecule has 0 saturated heterocycles. The van der Waals surface area contributed by atoms with Gasteiger partial charge in [-0.25, -0.2) is 0 Å². The maximum Gasteiger partial charge on any atom is 0.243 e. The molecule has 0 bridgehead atoms. The number of carbonyl (C=O) groups excluding carboxylic acids is 1. The Balaban J connectivity index is 1.67. The highest BCUT2D eigenvalue weighted by atomic mass is 35.5. The van der Waals surface area contributed by atoms with Gasteiger partial charge in [0.15, 0.2) is 0 Å². The Labute approximate surface area is 129 Å². The number of hydrogen-bond acceptors (Lipinski definition) is 2. The first-order valence-electron chi connectivity index (χ1n) is 7.04. The minimum atomic E-state index is -0.215. The van der Waals surface area contributed by atoms with Crippen LogP contribution >= 0.6 is 11.6 Å². The summed E-state index contributed by atoms with van der Waals surface area (Å²) in [6.07, 6.45) is 0.719. The molecule has 3 rings (SSSR count). The molecule has 0 unspecified atom stereocenters. The van der Waals surface area contributed by atoms with Crippen molar-refractivity contribution in [2.24, 2.45) is 0 Å². The van der Waals surface area contributed by atoms with Crippen LogP contribution in [-0.2, 0) is 11.2 Å². The van der Waals surface area contributed by atoms with Gasteiger partial charge >= 0.3 is 0 Å². The molecule has 2 N–H and O–H groups in total. The van der Waals surface area contributed by atoms with Crippen molar-refractivity contribution in [1.29, 1.82) is 0 Å². The number of fused-ring (bicyclic) bond motifs is 1. The fourth-order valence-electron chi connectivity index (χ4n) is 2.67. The van der Waals surface area contributed by atoms with E-state index in [2.05, 4.69) is 10.6 Å². The number of rotatable bonds is 3. The summed E-state index contributed by atoms with van der Waals surface area (Å²) in [6, 6.07) is 15.3. The summed E-state index contributed by atoms with van der Waals surface area (Å²) in [5.74, 6) is -0.00128. The van der Waals surface area contributed by atoms with Gasteiger partial charge in [0.05, 0.1) is 6.04 Å². The van der Waals surface area contributed by atoms with Gasteiger partial charge in [-0.1, -0.05) is 48.0 Å². The summed E-state index contributed by atoms with van der Waals surface area (Å²) in [5, 5.41) is 6.96. The van der Waals surface area contributed by atoms with Crippen molar-refractivity contribution in [1.82, 2.24) is 5.32 Å². The molecule has 1 amide bonds. The maximum atomic E-state index is 12.4. The van der Waals surface area contributed by atoms with Crippen LogP contribution in [0.4, 0.5) is 5.69 Å². The molecule has 0 aliphatic carbocycles. The van der Waals surface area contributed by atoms with Gasteiger partial charge in [0.1, 0.15) is 6.04 Å². The molecule has 2 aromatic carbocycles. The number of hydrogen-bond donors (Lipinski definition) is 2. The van der Waals surface area contributed by atoms with Crippen LogP contribution in [0.1, 0.15) is 24.1 Å². The van der Waals surface area contributed by atoms with Gasteiger partial charge < -0.3 is 10.6 Å². The fraction of sp³-hybridized carbons (Fsp3) is 0.235. The first-order valence-corrected chi connectivity index (χ1v) is 7.42. The van der Waals surface area contributed by atoms with Crippen LogP contribution in [0.5, 0.6) is 0 Å². The predicted molar refractivity (Wildman–Crippen MR) is 85.6 cm³/mol. The van der Waals surface area contributed by atoms with E-state index in [9.17, 15) is 4.79 Å². The highest BCUT2D eigenvalue weighted by Crippen LogP contribution is 2.26. The van der Waals surface area contributed by atoms with Gasteiger partial charge in [0.25, 0.3) is 0 Å². The van der Waals surface area contributed by atoms with E-state index in [-0.39, 0.29) is 18.0 Å². The van der Waals surface area contributed by atoms with Crippen molar-refractivity contribution in [3.05, 3.63) is 64.7 Å². The summed E-state index contributed by atoms with van der Waals surface area (Å²) in [6.45, 7) is 1.95. The standard InChI is InChI=1S/C17H17ClN2O/c1-11(13-7-3-4-8-14(13)18)19-17(21)16-10-12-6-2-5-9-15(12)20-16/h2-9,11,16,20H,10H2,1H3,(H,19,21)/t11-,16-/m0/s1. The molecule has 4 heteroatoms. The van der Waals surface area contributed by atoms with Gasteiger partial charge in [-0.05, 0) is 30.2 Å². The Morgan fingerprint density at radius 2 is 1.95 bits per heavy atom. The van der Waals surface area contributed by atoms with E-state index in [1.165, 1.54) is 5.56 Å². The number of benzene rings is 2. The zero-order chi connectivity index (χ0) is 14.8. The van der Waals surface area contributed by atoms with Crippen LogP contribution in [0.3, 0.4) is 0 Å². The molecule has 1 heterocycles. The van der Waals surface area contributed by atoms with Crippen molar-refractivity contribution in [3.63, 3.8) is 0 Å². The fourth-order valence-corrected chi connectivity index (χ4v) is 2.97. The number of nitrogens with one attached hydrogen (secondary N) is 2. The van der Waals surface area contributed by atoms with Crippen LogP contribution in [-0.4, -0.2) is 11.9 Å². The Kier molecular flexibility index (Phi) is 3.84. The van der Waals surface area contributed by atoms with Crippen molar-refractivity contribution in [2.45, 2.75) is 25.4 Å². The highest BCUT2D eigenvalue weighted by molar-refractivity contribution is 6.31. The Hall–Kier alpha value is -2.00. The number of para-hydroxylation sites is 1. The average Bonchev–Trinajstić information content (AvgIpc) is 2.91. The molecule has 0 fully saturated rings. The van der Waals surface area contributed by atoms with Gasteiger partial charge in [-0.3, -0.25) is 4.79 Å². The maximum absolute atomic E-state index is 12.4. The normalized spacial score (nSPS) is 17.7. The van der Waals surface area contributed by atoms with Gasteiger partial charge in [-0.2, -0.15) is 0 Å². The molecule has 0 spiro atoms. The number of amides is 1. The molecule has 1 aliphatic rings. The van der Waals surface area contributed by atoms with Crippen LogP contribution < -0.4 is 10.6 Å². The van der Waals surface area contributed by atoms with E-state index >= 15 is 0 Å². The SMILES string of the molecule is C[C@H](NC(=O)[C@@H]1Cc2ccccc2N1)c1ccccc1Cl. The van der Waals surface area contributed by atoms with E-state index in [0.29, 0.717) is 5.02 Å². The summed E-state index contributed by atoms with van der Waals surface area (Å²) < 4.78 is 0. The van der Waals surface area contributed by atoms with Crippen LogP contribution in [0.15, 0.2) is 48.5 Å². The van der Waals surface area contributed by atoms with E-state index < -0.39 is 0 Å². The smallest absolute Gasteiger partial charge is 0.243 e. The lowest BCUT2D eigenvalue weighted by Crippen LogP contribution is -2.39. The lowest BCUT2D eigenvalue weighted by Gasteiger charge is -2.18. The van der Waals surface area contributed by atoms with Crippen molar-refractivity contribution in [3.8, 4) is 0 Å². The molecular formula is C17H17ClN2O. The third-order valence-corrected chi connectivity index (χ3v) is 4.16. The second-order valence-corrected chi connectivity index (χ2v) is 5.72. The molecule has 2 atom stereocenters. The Morgan fingerprint density at radius 1 is 1.24 bits per heavy atom. The quantitative estimate of drug-likeness (QED) is 0.910. The molecule has 0 aromatic heterocycles. The number of carbonyl (C=O) groups is 1. The minimum absolute atomic E-state index is 0.00128. The first-order chi connectivity index (χ1) is 10.1. The third kappa shape index (κ3) is 2.88. The van der Waals surface area contributed by atoms with Gasteiger partial charge in [0, 0.05) is 17.1 Å². The zero-order valence-electron chi connectivity index (χ0n) is 11.8. The van der Waals surface area contributed by atoms with E-state index in [4.69, 9.17) is 11.6 Å². The largest absolute Gasteiger partial charge is 0.373 e. The van der Waals surface area contributed by atoms with Crippen LogP contribution in [0, 0.1) is 0 Å². The molecule has 3 nitrogen and oxygen atoms in total. The zero-order valence-corrected chi connectivity index (χ0v) is 12.5. The van der Waals surface area contributed by atoms with Crippen LogP contribution in [0.25, 0.3) is 0 Å². The van der Waals surface area contributed by atoms with Crippen molar-refractivity contribution in [2.75, 3.05) is 5.32 Å². The monoisotopic (exact) mass is 300 g/mol. The Bertz CT molecular complexity index is 646. The molecule has 1 aliphatic heterocycles. The van der Waals surface area contributed by atoms with Crippen LogP contribution in [0.2, 0.25) is 5.02 Å². The van der Waals surface area contributed by atoms with Crippen molar-refractivity contribution >= 4 is 23.2 Å². The lowest BCUT2D eigenvalue weighted by molar-refractivity contribution is -0.122. The van der Waals surface area contributed by atoms with Gasteiger partial charge in [-0.15, -0.1) is 0 Å². The summed E-state index contributed by atoms with van der Waals surface area (Å²) >= 11 is 6.17. The van der Waals surface area contributed by atoms with E-state index in [0.717, 1.165) is 17.7 Å². The molecule has 2 aromatic rings. The molecular weight excluding hydrogens is 284 g/mol. The molecule has 108 valence electrons. The highest BCUT2D eigenvalue weighted by Gasteiger charge is 2.27. The molecule has 21 heavy (non-hydrogen) atoms. The average molecular weight is 301 g/mol. The summed E-state index contributed by atoms with van der Waals surface area (Å²) in [5.41, 5.74) is 3.16. The lowest BCUT2D eigenvalue weighted by atomic mass is 10.1. The van der Waals surface area contributed by atoms with Gasteiger partial charge in [0.2, 0.25) is 5.91 Å². The second kappa shape index (κ2) is 5.78.